The fraction of sp³-hybridized carbons (Fsp3) is 0.476. The number of benzene rings is 2. The summed E-state index contributed by atoms with van der Waals surface area (Å²) in [6, 6.07) is 17.6. The molecule has 2 aromatic carbocycles. The zero-order valence-corrected chi connectivity index (χ0v) is 30.4. The van der Waals surface area contributed by atoms with Gasteiger partial charge in [-0.3, -0.25) is 4.68 Å². The fourth-order valence-electron chi connectivity index (χ4n) is 9.81. The third-order valence-corrected chi connectivity index (χ3v) is 11.6. The molecular formula is C42H48N4O5. The standard InChI is InChI=1S/C42H48N4O5/c1-26-34(23-43-46(26)42-20-28-17-29(21-42)19-30(18-28)22-42)32-12-14-37(44-38(32)40(48)51-41(2,3)4)45-16-15-31-35(24-45)33(39(47)49-5)11-13-36(31)50-25-27-9-7-6-8-10-27/h6-14,23,28-30H,15-22,24-25H2,1-5H3. The molecule has 9 heteroatoms. The van der Waals surface area contributed by atoms with E-state index in [2.05, 4.69) is 16.5 Å². The van der Waals surface area contributed by atoms with E-state index in [1.807, 2.05) is 75.5 Å². The van der Waals surface area contributed by atoms with E-state index in [1.54, 1.807) is 6.07 Å². The number of anilines is 1. The molecule has 4 aromatic rings. The van der Waals surface area contributed by atoms with E-state index in [4.69, 9.17) is 24.3 Å². The van der Waals surface area contributed by atoms with Gasteiger partial charge in [0.25, 0.3) is 0 Å². The van der Waals surface area contributed by atoms with Crippen molar-refractivity contribution in [2.45, 2.75) is 96.9 Å². The summed E-state index contributed by atoms with van der Waals surface area (Å²) in [6.07, 6.45) is 10.2. The van der Waals surface area contributed by atoms with E-state index >= 15 is 0 Å². The van der Waals surface area contributed by atoms with E-state index in [-0.39, 0.29) is 11.2 Å². The quantitative estimate of drug-likeness (QED) is 0.172. The molecule has 0 unspecified atom stereocenters. The number of methoxy groups -OCH3 is 1. The highest BCUT2D eigenvalue weighted by atomic mass is 16.6. The largest absolute Gasteiger partial charge is 0.489 e. The van der Waals surface area contributed by atoms with E-state index in [1.165, 1.54) is 45.6 Å². The van der Waals surface area contributed by atoms with Crippen LogP contribution in [0.25, 0.3) is 11.1 Å². The molecule has 0 atom stereocenters. The highest BCUT2D eigenvalue weighted by Crippen LogP contribution is 2.59. The summed E-state index contributed by atoms with van der Waals surface area (Å²) in [6.45, 7) is 9.22. The second-order valence-electron chi connectivity index (χ2n) is 16.3. The lowest BCUT2D eigenvalue weighted by Crippen LogP contribution is -2.52. The Morgan fingerprint density at radius 2 is 1.59 bits per heavy atom. The van der Waals surface area contributed by atoms with Crippen LogP contribution < -0.4 is 9.64 Å². The molecule has 9 rings (SSSR count). The molecule has 5 aliphatic rings. The lowest BCUT2D eigenvalue weighted by molar-refractivity contribution is -0.0503. The lowest BCUT2D eigenvalue weighted by Gasteiger charge is -2.57. The normalized spacial score (nSPS) is 23.5. The molecule has 4 fully saturated rings. The summed E-state index contributed by atoms with van der Waals surface area (Å²) in [5, 5.41) is 5.04. The number of carbonyl (C=O) groups is 2. The van der Waals surface area contributed by atoms with Gasteiger partial charge in [0.1, 0.15) is 23.8 Å². The predicted molar refractivity (Wildman–Crippen MR) is 195 cm³/mol. The van der Waals surface area contributed by atoms with Gasteiger partial charge in [-0.2, -0.15) is 5.10 Å². The van der Waals surface area contributed by atoms with Crippen molar-refractivity contribution in [1.29, 1.82) is 0 Å². The Morgan fingerprint density at radius 3 is 2.25 bits per heavy atom. The number of rotatable bonds is 8. The maximum atomic E-state index is 13.9. The highest BCUT2D eigenvalue weighted by Gasteiger charge is 2.53. The molecule has 9 nitrogen and oxygen atoms in total. The average Bonchev–Trinajstić information content (AvgIpc) is 3.50. The van der Waals surface area contributed by atoms with Crippen molar-refractivity contribution in [2.24, 2.45) is 17.8 Å². The Hall–Kier alpha value is -4.66. The van der Waals surface area contributed by atoms with Crippen LogP contribution in [0.15, 0.2) is 60.8 Å². The number of nitrogens with zero attached hydrogens (tertiary/aromatic N) is 4. The molecule has 51 heavy (non-hydrogen) atoms. The van der Waals surface area contributed by atoms with Crippen molar-refractivity contribution in [3.63, 3.8) is 0 Å². The monoisotopic (exact) mass is 688 g/mol. The summed E-state index contributed by atoms with van der Waals surface area (Å²) < 4.78 is 19.7. The minimum atomic E-state index is -0.694. The number of aromatic nitrogens is 3. The van der Waals surface area contributed by atoms with Gasteiger partial charge in [0, 0.05) is 35.5 Å². The second-order valence-corrected chi connectivity index (χ2v) is 16.3. The van der Waals surface area contributed by atoms with E-state index in [0.29, 0.717) is 37.5 Å². The zero-order valence-electron chi connectivity index (χ0n) is 30.4. The number of hydrogen-bond acceptors (Lipinski definition) is 8. The van der Waals surface area contributed by atoms with Crippen molar-refractivity contribution in [3.05, 3.63) is 94.4 Å². The van der Waals surface area contributed by atoms with Crippen molar-refractivity contribution in [3.8, 4) is 16.9 Å². The SMILES string of the molecule is COC(=O)c1ccc(OCc2ccccc2)c2c1CN(c1ccc(-c3cnn(C45CC6CC(CC(C6)C4)C5)c3C)c(C(=O)OC(C)(C)C)n1)CC2. The van der Waals surface area contributed by atoms with E-state index in [0.717, 1.165) is 57.0 Å². The van der Waals surface area contributed by atoms with E-state index in [9.17, 15) is 9.59 Å². The first kappa shape index (κ1) is 33.5. The van der Waals surface area contributed by atoms with Gasteiger partial charge < -0.3 is 19.1 Å². The first-order valence-electron chi connectivity index (χ1n) is 18.4. The van der Waals surface area contributed by atoms with Gasteiger partial charge in [-0.1, -0.05) is 30.3 Å². The van der Waals surface area contributed by atoms with Crippen LogP contribution >= 0.6 is 0 Å². The van der Waals surface area contributed by atoms with Crippen LogP contribution in [0.5, 0.6) is 5.75 Å². The summed E-state index contributed by atoms with van der Waals surface area (Å²) in [5.74, 6) is 2.91. The summed E-state index contributed by atoms with van der Waals surface area (Å²) in [4.78, 5) is 34.0. The van der Waals surface area contributed by atoms with Crippen LogP contribution in [-0.2, 0) is 34.6 Å². The third-order valence-electron chi connectivity index (χ3n) is 11.6. The number of ether oxygens (including phenoxy) is 3. The highest BCUT2D eigenvalue weighted by molar-refractivity contribution is 5.96. The van der Waals surface area contributed by atoms with Crippen LogP contribution in [0, 0.1) is 24.7 Å². The number of fused-ring (bicyclic) bond motifs is 1. The Kier molecular flexibility index (Phi) is 8.43. The molecule has 0 saturated heterocycles. The number of pyridine rings is 1. The molecule has 2 aromatic heterocycles. The molecule has 3 heterocycles. The molecule has 0 amide bonds. The molecule has 4 bridgehead atoms. The second kappa shape index (κ2) is 12.8. The van der Waals surface area contributed by atoms with Crippen molar-refractivity contribution in [2.75, 3.05) is 18.6 Å². The number of esters is 2. The van der Waals surface area contributed by atoms with Gasteiger partial charge >= 0.3 is 11.9 Å². The van der Waals surface area contributed by atoms with Crippen LogP contribution in [-0.4, -0.2) is 46.0 Å². The summed E-state index contributed by atoms with van der Waals surface area (Å²) in [5.41, 5.74) is 5.77. The molecule has 266 valence electrons. The van der Waals surface area contributed by atoms with Crippen molar-refractivity contribution in [1.82, 2.24) is 14.8 Å². The molecule has 4 saturated carbocycles. The molecule has 0 N–H and O–H groups in total. The molecule has 1 aliphatic heterocycles. The van der Waals surface area contributed by atoms with Crippen molar-refractivity contribution < 1.29 is 23.8 Å². The topological polar surface area (TPSA) is 95.8 Å². The Labute approximate surface area is 300 Å². The van der Waals surface area contributed by atoms with Crippen LogP contribution in [0.2, 0.25) is 0 Å². The average molecular weight is 689 g/mol. The zero-order chi connectivity index (χ0) is 35.5. The maximum Gasteiger partial charge on any atom is 0.358 e. The minimum absolute atomic E-state index is 0.0682. The number of carbonyl (C=O) groups excluding carboxylic acids is 2. The predicted octanol–water partition coefficient (Wildman–Crippen LogP) is 8.06. The van der Waals surface area contributed by atoms with Gasteiger partial charge in [0.15, 0.2) is 5.69 Å². The smallest absolute Gasteiger partial charge is 0.358 e. The van der Waals surface area contributed by atoms with Gasteiger partial charge in [-0.25, -0.2) is 14.6 Å². The first-order chi connectivity index (χ1) is 24.5. The van der Waals surface area contributed by atoms with Crippen LogP contribution in [0.4, 0.5) is 5.82 Å². The Bertz CT molecular complexity index is 1940. The van der Waals surface area contributed by atoms with Gasteiger partial charge in [0.05, 0.1) is 24.4 Å². The van der Waals surface area contributed by atoms with E-state index < -0.39 is 17.5 Å². The minimum Gasteiger partial charge on any atom is -0.489 e. The maximum absolute atomic E-state index is 13.9. The van der Waals surface area contributed by atoms with Gasteiger partial charge in [-0.05, 0) is 126 Å². The molecule has 4 aliphatic carbocycles. The summed E-state index contributed by atoms with van der Waals surface area (Å²) >= 11 is 0. The van der Waals surface area contributed by atoms with Gasteiger partial charge in [0.2, 0.25) is 0 Å². The lowest BCUT2D eigenvalue weighted by atomic mass is 9.53. The first-order valence-corrected chi connectivity index (χ1v) is 18.4. The van der Waals surface area contributed by atoms with Crippen LogP contribution in [0.1, 0.15) is 103 Å². The van der Waals surface area contributed by atoms with Crippen LogP contribution in [0.3, 0.4) is 0 Å². The number of hydrogen-bond donors (Lipinski definition) is 0. The third kappa shape index (κ3) is 6.29. The summed E-state index contributed by atoms with van der Waals surface area (Å²) in [7, 11) is 1.40. The Morgan fingerprint density at radius 1 is 0.882 bits per heavy atom. The van der Waals surface area contributed by atoms with Crippen molar-refractivity contribution >= 4 is 17.8 Å². The Balaban J connectivity index is 1.13. The molecule has 0 radical (unpaired) electrons. The molecular weight excluding hydrogens is 640 g/mol. The molecule has 0 spiro atoms. The van der Waals surface area contributed by atoms with Gasteiger partial charge in [-0.15, -0.1) is 0 Å². The fourth-order valence-corrected chi connectivity index (χ4v) is 9.81.